The van der Waals surface area contributed by atoms with Crippen molar-refractivity contribution in [2.75, 3.05) is 29.0 Å². The van der Waals surface area contributed by atoms with Gasteiger partial charge in [0.25, 0.3) is 0 Å². The monoisotopic (exact) mass is 332 g/mol. The summed E-state index contributed by atoms with van der Waals surface area (Å²) >= 11 is 0. The van der Waals surface area contributed by atoms with Gasteiger partial charge in [-0.3, -0.25) is 10.1 Å². The molecule has 9 nitrogen and oxygen atoms in total. The first kappa shape index (κ1) is 16.0. The van der Waals surface area contributed by atoms with E-state index in [0.717, 1.165) is 25.9 Å². The summed E-state index contributed by atoms with van der Waals surface area (Å²) in [5, 5.41) is 14.4. The van der Waals surface area contributed by atoms with E-state index in [1.807, 2.05) is 11.0 Å². The summed E-state index contributed by atoms with van der Waals surface area (Å²) in [5.74, 6) is 1.56. The standard InChI is InChI=1S/C15H20N6O3/c1-10-4-2-6-20(9-10)14-12(21(22)23)13(16)18-15(19-14)17-8-11-5-3-7-24-11/h3,5,7,10H,2,4,6,8-9H2,1H3,(H3,16,17,18,19)/t10-/m0/s1. The fourth-order valence-corrected chi connectivity index (χ4v) is 2.90. The fourth-order valence-electron chi connectivity index (χ4n) is 2.90. The number of furan rings is 1. The van der Waals surface area contributed by atoms with E-state index >= 15 is 0 Å². The lowest BCUT2D eigenvalue weighted by Crippen LogP contribution is -2.35. The second-order valence-electron chi connectivity index (χ2n) is 5.99. The Morgan fingerprint density at radius 2 is 2.38 bits per heavy atom. The van der Waals surface area contributed by atoms with Crippen LogP contribution in [0.4, 0.5) is 23.3 Å². The molecule has 2 aromatic rings. The lowest BCUT2D eigenvalue weighted by atomic mass is 10.0. The molecule has 0 aliphatic carbocycles. The van der Waals surface area contributed by atoms with Gasteiger partial charge in [-0.05, 0) is 30.9 Å². The third-order valence-corrected chi connectivity index (χ3v) is 4.03. The molecule has 24 heavy (non-hydrogen) atoms. The summed E-state index contributed by atoms with van der Waals surface area (Å²) in [7, 11) is 0. The van der Waals surface area contributed by atoms with Crippen molar-refractivity contribution in [1.29, 1.82) is 0 Å². The zero-order valence-electron chi connectivity index (χ0n) is 13.4. The first-order chi connectivity index (χ1) is 11.5. The van der Waals surface area contributed by atoms with Crippen molar-refractivity contribution in [3.05, 3.63) is 34.3 Å². The first-order valence-electron chi connectivity index (χ1n) is 7.87. The summed E-state index contributed by atoms with van der Waals surface area (Å²) in [6.07, 6.45) is 3.65. The van der Waals surface area contributed by atoms with Crippen molar-refractivity contribution in [1.82, 2.24) is 9.97 Å². The average Bonchev–Trinajstić information content (AvgIpc) is 3.05. The topological polar surface area (TPSA) is 123 Å². The smallest absolute Gasteiger partial charge is 0.353 e. The van der Waals surface area contributed by atoms with E-state index < -0.39 is 4.92 Å². The van der Waals surface area contributed by atoms with Gasteiger partial charge in [0.15, 0.2) is 0 Å². The fraction of sp³-hybridized carbons (Fsp3) is 0.467. The van der Waals surface area contributed by atoms with Crippen LogP contribution in [0.3, 0.4) is 0 Å². The number of hydrogen-bond acceptors (Lipinski definition) is 8. The first-order valence-corrected chi connectivity index (χ1v) is 7.87. The zero-order chi connectivity index (χ0) is 17.1. The summed E-state index contributed by atoms with van der Waals surface area (Å²) in [4.78, 5) is 21.2. The molecule has 1 atom stereocenters. The molecule has 0 bridgehead atoms. The molecule has 9 heteroatoms. The van der Waals surface area contributed by atoms with Gasteiger partial charge in [-0.15, -0.1) is 0 Å². The molecule has 0 spiro atoms. The van der Waals surface area contributed by atoms with Crippen molar-refractivity contribution >= 4 is 23.3 Å². The Morgan fingerprint density at radius 1 is 1.54 bits per heavy atom. The minimum absolute atomic E-state index is 0.134. The zero-order valence-corrected chi connectivity index (χ0v) is 13.4. The highest BCUT2D eigenvalue weighted by Crippen LogP contribution is 2.34. The van der Waals surface area contributed by atoms with Crippen LogP contribution in [0.5, 0.6) is 0 Å². The van der Waals surface area contributed by atoms with Gasteiger partial charge in [0, 0.05) is 13.1 Å². The second kappa shape index (κ2) is 6.73. The summed E-state index contributed by atoms with van der Waals surface area (Å²) in [6.45, 7) is 3.94. The van der Waals surface area contributed by atoms with E-state index in [0.29, 0.717) is 18.2 Å². The van der Waals surface area contributed by atoms with Crippen molar-refractivity contribution < 1.29 is 9.34 Å². The van der Waals surface area contributed by atoms with Gasteiger partial charge in [-0.25, -0.2) is 0 Å². The summed E-state index contributed by atoms with van der Waals surface area (Å²) in [5.41, 5.74) is 5.60. The Bertz CT molecular complexity index is 718. The normalized spacial score (nSPS) is 17.7. The maximum Gasteiger partial charge on any atom is 0.353 e. The largest absolute Gasteiger partial charge is 0.467 e. The lowest BCUT2D eigenvalue weighted by Gasteiger charge is -2.31. The second-order valence-corrected chi connectivity index (χ2v) is 5.99. The molecular formula is C15H20N6O3. The Balaban J connectivity index is 1.89. The number of aromatic nitrogens is 2. The number of rotatable bonds is 5. The maximum absolute atomic E-state index is 11.4. The van der Waals surface area contributed by atoms with Gasteiger partial charge < -0.3 is 20.4 Å². The number of nitro groups is 1. The minimum atomic E-state index is -0.514. The molecule has 3 N–H and O–H groups in total. The molecule has 1 aliphatic rings. The van der Waals surface area contributed by atoms with Crippen LogP contribution in [0.25, 0.3) is 0 Å². The molecular weight excluding hydrogens is 312 g/mol. The SMILES string of the molecule is C[C@H]1CCCN(c2nc(NCc3ccco3)nc(N)c2[N+](=O)[O-])C1. The van der Waals surface area contributed by atoms with Crippen LogP contribution in [0.15, 0.2) is 22.8 Å². The molecule has 0 saturated carbocycles. The van der Waals surface area contributed by atoms with E-state index in [2.05, 4.69) is 22.2 Å². The molecule has 3 heterocycles. The van der Waals surface area contributed by atoms with E-state index in [1.165, 1.54) is 0 Å². The number of hydrogen-bond donors (Lipinski definition) is 2. The summed E-state index contributed by atoms with van der Waals surface area (Å²) < 4.78 is 5.24. The minimum Gasteiger partial charge on any atom is -0.467 e. The van der Waals surface area contributed by atoms with Crippen molar-refractivity contribution in [3.63, 3.8) is 0 Å². The lowest BCUT2D eigenvalue weighted by molar-refractivity contribution is -0.383. The van der Waals surface area contributed by atoms with E-state index in [4.69, 9.17) is 10.2 Å². The quantitative estimate of drug-likeness (QED) is 0.632. The van der Waals surface area contributed by atoms with Gasteiger partial charge in [0.05, 0.1) is 17.7 Å². The van der Waals surface area contributed by atoms with Crippen LogP contribution >= 0.6 is 0 Å². The van der Waals surface area contributed by atoms with Gasteiger partial charge in [0.2, 0.25) is 17.6 Å². The number of nitrogen functional groups attached to an aromatic ring is 1. The van der Waals surface area contributed by atoms with Crippen LogP contribution in [0, 0.1) is 16.0 Å². The molecule has 1 aliphatic heterocycles. The average molecular weight is 332 g/mol. The molecule has 0 radical (unpaired) electrons. The van der Waals surface area contributed by atoms with Crippen LogP contribution in [0.1, 0.15) is 25.5 Å². The van der Waals surface area contributed by atoms with Crippen LogP contribution in [0.2, 0.25) is 0 Å². The van der Waals surface area contributed by atoms with E-state index in [-0.39, 0.29) is 23.3 Å². The highest BCUT2D eigenvalue weighted by atomic mass is 16.6. The summed E-state index contributed by atoms with van der Waals surface area (Å²) in [6, 6.07) is 3.59. The van der Waals surface area contributed by atoms with E-state index in [9.17, 15) is 10.1 Å². The van der Waals surface area contributed by atoms with Gasteiger partial charge in [-0.1, -0.05) is 6.92 Å². The van der Waals surface area contributed by atoms with Gasteiger partial charge in [0.1, 0.15) is 5.76 Å². The molecule has 0 aromatic carbocycles. The molecule has 1 saturated heterocycles. The Labute approximate surface area is 139 Å². The molecule has 2 aromatic heterocycles. The van der Waals surface area contributed by atoms with Crippen LogP contribution in [-0.2, 0) is 6.54 Å². The number of anilines is 3. The molecule has 0 unspecified atom stereocenters. The highest BCUT2D eigenvalue weighted by Gasteiger charge is 2.29. The number of piperidine rings is 1. The third kappa shape index (κ3) is 3.39. The number of nitrogens with one attached hydrogen (secondary N) is 1. The number of nitrogens with zero attached hydrogens (tertiary/aromatic N) is 4. The van der Waals surface area contributed by atoms with Gasteiger partial charge >= 0.3 is 5.69 Å². The highest BCUT2D eigenvalue weighted by molar-refractivity contribution is 5.71. The molecule has 1 fully saturated rings. The van der Waals surface area contributed by atoms with Gasteiger partial charge in [-0.2, -0.15) is 9.97 Å². The Hall–Kier alpha value is -2.84. The van der Waals surface area contributed by atoms with Crippen molar-refractivity contribution in [3.8, 4) is 0 Å². The predicted octanol–water partition coefficient (Wildman–Crippen LogP) is 2.41. The Kier molecular flexibility index (Phi) is 4.50. The van der Waals surface area contributed by atoms with Crippen molar-refractivity contribution in [2.45, 2.75) is 26.3 Å². The molecule has 3 rings (SSSR count). The molecule has 128 valence electrons. The maximum atomic E-state index is 11.4. The molecule has 0 amide bonds. The van der Waals surface area contributed by atoms with Crippen LogP contribution in [-0.4, -0.2) is 28.0 Å². The number of nitrogens with two attached hydrogens (primary N) is 1. The third-order valence-electron chi connectivity index (χ3n) is 4.03. The van der Waals surface area contributed by atoms with Crippen molar-refractivity contribution in [2.24, 2.45) is 5.92 Å². The van der Waals surface area contributed by atoms with E-state index in [1.54, 1.807) is 12.3 Å². The predicted molar refractivity (Wildman–Crippen MR) is 89.7 cm³/mol. The van der Waals surface area contributed by atoms with Crippen LogP contribution < -0.4 is 16.0 Å². The Morgan fingerprint density at radius 3 is 3.04 bits per heavy atom.